The molecule has 0 atom stereocenters. The summed E-state index contributed by atoms with van der Waals surface area (Å²) in [7, 11) is 0. The fraction of sp³-hybridized carbons (Fsp3) is 0. The molecule has 2 aromatic carbocycles. The number of nitrogens with two attached hydrogens (primary N) is 1. The molecule has 0 fully saturated rings. The summed E-state index contributed by atoms with van der Waals surface area (Å²) in [4.78, 5) is 15.0. The Labute approximate surface area is 115 Å². The molecule has 0 radical (unpaired) electrons. The first kappa shape index (κ1) is 12.2. The highest BCUT2D eigenvalue weighted by atomic mass is 16.4. The summed E-state index contributed by atoms with van der Waals surface area (Å²) in [5, 5.41) is 0. The monoisotopic (exact) mass is 264 g/mol. The maximum absolute atomic E-state index is 11.5. The average Bonchev–Trinajstić information content (AvgIpc) is 2.47. The van der Waals surface area contributed by atoms with Crippen molar-refractivity contribution in [2.75, 3.05) is 5.73 Å². The summed E-state index contributed by atoms with van der Waals surface area (Å²) in [5.74, 6) is 0.418. The van der Waals surface area contributed by atoms with E-state index < -0.39 is 5.56 Å². The number of benzene rings is 2. The first-order valence-electron chi connectivity index (χ1n) is 6.16. The number of aromatic nitrogens is 1. The zero-order chi connectivity index (χ0) is 13.9. The molecule has 0 spiro atoms. The Morgan fingerprint density at radius 2 is 1.55 bits per heavy atom. The number of nitrogens with zero attached hydrogens (tertiary/aromatic N) is 1. The molecule has 0 unspecified atom stereocenters. The molecular weight excluding hydrogens is 252 g/mol. The molecule has 0 saturated carbocycles. The summed E-state index contributed by atoms with van der Waals surface area (Å²) < 4.78 is 5.37. The zero-order valence-electron chi connectivity index (χ0n) is 10.6. The van der Waals surface area contributed by atoms with Crippen LogP contribution >= 0.6 is 0 Å². The van der Waals surface area contributed by atoms with Crippen LogP contribution in [0.15, 0.2) is 69.9 Å². The van der Waals surface area contributed by atoms with Crippen LogP contribution in [0.1, 0.15) is 0 Å². The largest absolute Gasteiger partial charge is 0.425 e. The Hall–Kier alpha value is -2.88. The number of rotatable bonds is 2. The van der Waals surface area contributed by atoms with Gasteiger partial charge in [0.1, 0.15) is 5.76 Å². The lowest BCUT2D eigenvalue weighted by molar-refractivity contribution is 0.564. The smallest absolute Gasteiger partial charge is 0.295 e. The van der Waals surface area contributed by atoms with Crippen LogP contribution in [0.5, 0.6) is 0 Å². The van der Waals surface area contributed by atoms with Crippen molar-refractivity contribution in [3.05, 3.63) is 71.0 Å². The lowest BCUT2D eigenvalue weighted by Crippen LogP contribution is -2.07. The van der Waals surface area contributed by atoms with Gasteiger partial charge in [-0.05, 0) is 11.1 Å². The van der Waals surface area contributed by atoms with Crippen molar-refractivity contribution < 1.29 is 4.42 Å². The van der Waals surface area contributed by atoms with E-state index in [1.807, 2.05) is 54.6 Å². The fourth-order valence-electron chi connectivity index (χ4n) is 2.12. The second-order valence-corrected chi connectivity index (χ2v) is 4.31. The Morgan fingerprint density at radius 3 is 2.25 bits per heavy atom. The molecule has 0 bridgehead atoms. The Balaban J connectivity index is 2.22. The Kier molecular flexibility index (Phi) is 3.05. The van der Waals surface area contributed by atoms with E-state index in [2.05, 4.69) is 4.98 Å². The zero-order valence-corrected chi connectivity index (χ0v) is 10.6. The quantitative estimate of drug-likeness (QED) is 0.772. The minimum absolute atomic E-state index is 0.129. The summed E-state index contributed by atoms with van der Waals surface area (Å²) in [6.07, 6.45) is 0. The van der Waals surface area contributed by atoms with Crippen LogP contribution in [0.2, 0.25) is 0 Å². The van der Waals surface area contributed by atoms with Crippen molar-refractivity contribution in [2.45, 2.75) is 0 Å². The van der Waals surface area contributed by atoms with Crippen LogP contribution < -0.4 is 11.3 Å². The van der Waals surface area contributed by atoms with Gasteiger partial charge in [-0.25, -0.2) is 0 Å². The van der Waals surface area contributed by atoms with Gasteiger partial charge >= 0.3 is 0 Å². The molecule has 1 heterocycles. The van der Waals surface area contributed by atoms with Crippen molar-refractivity contribution in [3.63, 3.8) is 0 Å². The van der Waals surface area contributed by atoms with E-state index in [4.69, 9.17) is 10.2 Å². The Bertz CT molecular complexity index is 795. The van der Waals surface area contributed by atoms with Gasteiger partial charge in [0.05, 0.1) is 0 Å². The minimum atomic E-state index is -0.411. The van der Waals surface area contributed by atoms with Crippen molar-refractivity contribution in [2.24, 2.45) is 0 Å². The van der Waals surface area contributed by atoms with Crippen molar-refractivity contribution in [3.8, 4) is 22.5 Å². The van der Waals surface area contributed by atoms with E-state index in [1.165, 1.54) is 6.07 Å². The first-order valence-corrected chi connectivity index (χ1v) is 6.16. The van der Waals surface area contributed by atoms with Crippen LogP contribution in [0.25, 0.3) is 22.5 Å². The standard InChI is InChI=1S/C16H12N2O2/c17-16-18-15(19)10-14(20-16)13-9-5-4-8-12(13)11-6-2-1-3-7-11/h1-10H,(H2,17,18,19). The van der Waals surface area contributed by atoms with E-state index in [1.54, 1.807) is 0 Å². The minimum Gasteiger partial charge on any atom is -0.425 e. The van der Waals surface area contributed by atoms with E-state index in [-0.39, 0.29) is 6.01 Å². The topological polar surface area (TPSA) is 69.1 Å². The third-order valence-corrected chi connectivity index (χ3v) is 2.97. The van der Waals surface area contributed by atoms with Gasteiger partial charge in [-0.3, -0.25) is 4.79 Å². The van der Waals surface area contributed by atoms with Gasteiger partial charge in [0, 0.05) is 11.6 Å². The fourth-order valence-corrected chi connectivity index (χ4v) is 2.12. The highest BCUT2D eigenvalue weighted by Gasteiger charge is 2.10. The van der Waals surface area contributed by atoms with Crippen LogP contribution in [0, 0.1) is 0 Å². The molecule has 1 aromatic heterocycles. The van der Waals surface area contributed by atoms with Crippen LogP contribution in [0.3, 0.4) is 0 Å². The molecule has 4 nitrogen and oxygen atoms in total. The van der Waals surface area contributed by atoms with Crippen LogP contribution in [0.4, 0.5) is 6.01 Å². The third kappa shape index (κ3) is 2.31. The van der Waals surface area contributed by atoms with Gasteiger partial charge in [0.2, 0.25) is 0 Å². The van der Waals surface area contributed by atoms with Crippen molar-refractivity contribution in [1.29, 1.82) is 0 Å². The Morgan fingerprint density at radius 1 is 0.900 bits per heavy atom. The van der Waals surface area contributed by atoms with E-state index in [9.17, 15) is 4.79 Å². The second kappa shape index (κ2) is 5.01. The van der Waals surface area contributed by atoms with Gasteiger partial charge in [0.25, 0.3) is 11.6 Å². The van der Waals surface area contributed by atoms with Gasteiger partial charge in [-0.2, -0.15) is 4.98 Å². The van der Waals surface area contributed by atoms with E-state index >= 15 is 0 Å². The molecule has 0 aliphatic rings. The van der Waals surface area contributed by atoms with Gasteiger partial charge < -0.3 is 10.2 Å². The molecule has 0 aliphatic carbocycles. The first-order chi connectivity index (χ1) is 9.74. The molecule has 2 N–H and O–H groups in total. The normalized spacial score (nSPS) is 10.4. The number of anilines is 1. The van der Waals surface area contributed by atoms with E-state index in [0.717, 1.165) is 16.7 Å². The predicted octanol–water partition coefficient (Wildman–Crippen LogP) is 2.95. The van der Waals surface area contributed by atoms with Gasteiger partial charge in [-0.1, -0.05) is 54.6 Å². The molecule has 3 aromatic rings. The summed E-state index contributed by atoms with van der Waals surface area (Å²) in [6, 6.07) is 18.8. The number of hydrogen-bond donors (Lipinski definition) is 1. The maximum Gasteiger partial charge on any atom is 0.295 e. The van der Waals surface area contributed by atoms with Crippen LogP contribution in [-0.4, -0.2) is 4.98 Å². The number of nitrogen functional groups attached to an aromatic ring is 1. The number of hydrogen-bond acceptors (Lipinski definition) is 4. The molecular formula is C16H12N2O2. The van der Waals surface area contributed by atoms with Crippen molar-refractivity contribution >= 4 is 6.01 Å². The van der Waals surface area contributed by atoms with Gasteiger partial charge in [0.15, 0.2) is 0 Å². The highest BCUT2D eigenvalue weighted by Crippen LogP contribution is 2.31. The molecule has 3 rings (SSSR count). The van der Waals surface area contributed by atoms with Gasteiger partial charge in [-0.15, -0.1) is 0 Å². The predicted molar refractivity (Wildman–Crippen MR) is 78.1 cm³/mol. The maximum atomic E-state index is 11.5. The lowest BCUT2D eigenvalue weighted by atomic mass is 9.98. The van der Waals surface area contributed by atoms with E-state index in [0.29, 0.717) is 5.76 Å². The third-order valence-electron chi connectivity index (χ3n) is 2.97. The SMILES string of the molecule is Nc1nc(=O)cc(-c2ccccc2-c2ccccc2)o1. The lowest BCUT2D eigenvalue weighted by Gasteiger charge is -2.08. The summed E-state index contributed by atoms with van der Waals surface area (Å²) >= 11 is 0. The van der Waals surface area contributed by atoms with Crippen molar-refractivity contribution in [1.82, 2.24) is 4.98 Å². The average molecular weight is 264 g/mol. The summed E-state index contributed by atoms with van der Waals surface area (Å²) in [5.41, 5.74) is 7.92. The molecule has 20 heavy (non-hydrogen) atoms. The highest BCUT2D eigenvalue weighted by molar-refractivity contribution is 5.81. The molecule has 4 heteroatoms. The summed E-state index contributed by atoms with van der Waals surface area (Å²) in [6.45, 7) is 0. The second-order valence-electron chi connectivity index (χ2n) is 4.31. The molecule has 0 amide bonds. The van der Waals surface area contributed by atoms with Crippen LogP contribution in [-0.2, 0) is 0 Å². The molecule has 0 aliphatic heterocycles. The molecule has 98 valence electrons. The molecule has 0 saturated heterocycles.